The number of ether oxygens (including phenoxy) is 1. The zero-order valence-corrected chi connectivity index (χ0v) is 13.8. The fourth-order valence-electron chi connectivity index (χ4n) is 4.36. The van der Waals surface area contributed by atoms with Gasteiger partial charge in [-0.2, -0.15) is 0 Å². The lowest BCUT2D eigenvalue weighted by Crippen LogP contribution is -2.18. The smallest absolute Gasteiger partial charge is 0.312 e. The molecule has 4 rings (SSSR count). The number of allylic oxidation sites excluding steroid dienone is 1. The molecule has 0 heterocycles. The van der Waals surface area contributed by atoms with E-state index >= 15 is 0 Å². The summed E-state index contributed by atoms with van der Waals surface area (Å²) < 4.78 is 5.05. The predicted octanol–water partition coefficient (Wildman–Crippen LogP) is 3.55. The van der Waals surface area contributed by atoms with Gasteiger partial charge in [0.15, 0.2) is 0 Å². The van der Waals surface area contributed by atoms with Gasteiger partial charge in [0.2, 0.25) is 0 Å². The highest BCUT2D eigenvalue weighted by Gasteiger charge is 2.66. The van der Waals surface area contributed by atoms with Crippen LogP contribution in [0.15, 0.2) is 18.3 Å². The SMILES string of the molecule is C=Cc1cc2c(c(C)c1/C=C(\N)C1CC1)C1CC1(C(=O)OC)C2. The molecule has 0 bridgehead atoms. The van der Waals surface area contributed by atoms with E-state index < -0.39 is 0 Å². The van der Waals surface area contributed by atoms with Gasteiger partial charge in [0.25, 0.3) is 0 Å². The zero-order valence-electron chi connectivity index (χ0n) is 13.8. The van der Waals surface area contributed by atoms with Gasteiger partial charge in [-0.15, -0.1) is 0 Å². The third-order valence-electron chi connectivity index (χ3n) is 5.90. The third-order valence-corrected chi connectivity index (χ3v) is 5.90. The molecule has 0 amide bonds. The van der Waals surface area contributed by atoms with Gasteiger partial charge in [-0.25, -0.2) is 0 Å². The van der Waals surface area contributed by atoms with Crippen molar-refractivity contribution in [2.24, 2.45) is 17.1 Å². The van der Waals surface area contributed by atoms with Crippen molar-refractivity contribution in [1.29, 1.82) is 0 Å². The van der Waals surface area contributed by atoms with Crippen LogP contribution in [0.5, 0.6) is 0 Å². The standard InChI is InChI=1S/C20H23NO2/c1-4-12-7-14-9-20(19(22)23-3)10-16(20)18(14)11(2)15(12)8-17(21)13-5-6-13/h4,7-8,13,16H,1,5-6,9-10,21H2,2-3H3/b17-8-. The largest absolute Gasteiger partial charge is 0.469 e. The molecule has 2 N–H and O–H groups in total. The Kier molecular flexibility index (Phi) is 2.99. The van der Waals surface area contributed by atoms with Crippen LogP contribution < -0.4 is 5.73 Å². The number of benzene rings is 1. The van der Waals surface area contributed by atoms with Crippen LogP contribution in [0.1, 0.15) is 53.0 Å². The van der Waals surface area contributed by atoms with Gasteiger partial charge in [-0.1, -0.05) is 18.7 Å². The molecule has 2 saturated carbocycles. The summed E-state index contributed by atoms with van der Waals surface area (Å²) in [6.45, 7) is 6.12. The average molecular weight is 309 g/mol. The van der Waals surface area contributed by atoms with E-state index in [9.17, 15) is 4.79 Å². The van der Waals surface area contributed by atoms with Crippen molar-refractivity contribution >= 4 is 18.1 Å². The molecule has 1 aromatic rings. The first-order valence-electron chi connectivity index (χ1n) is 8.36. The Morgan fingerprint density at radius 1 is 1.48 bits per heavy atom. The van der Waals surface area contributed by atoms with Gasteiger partial charge < -0.3 is 10.5 Å². The number of hydrogen-bond acceptors (Lipinski definition) is 3. The van der Waals surface area contributed by atoms with E-state index in [0.29, 0.717) is 11.8 Å². The zero-order chi connectivity index (χ0) is 16.4. The fraction of sp³-hybridized carbons (Fsp3) is 0.450. The van der Waals surface area contributed by atoms with E-state index in [1.807, 2.05) is 6.08 Å². The van der Waals surface area contributed by atoms with Crippen molar-refractivity contribution in [1.82, 2.24) is 0 Å². The molecular weight excluding hydrogens is 286 g/mol. The Morgan fingerprint density at radius 2 is 2.22 bits per heavy atom. The molecule has 3 aliphatic carbocycles. The molecule has 3 heteroatoms. The average Bonchev–Trinajstić information content (AvgIpc) is 3.46. The lowest BCUT2D eigenvalue weighted by molar-refractivity contribution is -0.147. The second kappa shape index (κ2) is 4.73. The number of fused-ring (bicyclic) bond motifs is 3. The number of esters is 1. The summed E-state index contributed by atoms with van der Waals surface area (Å²) >= 11 is 0. The molecule has 0 aromatic heterocycles. The lowest BCUT2D eigenvalue weighted by atomic mass is 9.90. The van der Waals surface area contributed by atoms with Crippen LogP contribution in [-0.2, 0) is 16.0 Å². The minimum Gasteiger partial charge on any atom is -0.469 e. The molecule has 3 aliphatic rings. The number of hydrogen-bond donors (Lipinski definition) is 1. The molecular formula is C20H23NO2. The van der Waals surface area contributed by atoms with Gasteiger partial charge in [0.05, 0.1) is 12.5 Å². The summed E-state index contributed by atoms with van der Waals surface area (Å²) in [6, 6.07) is 2.19. The highest BCUT2D eigenvalue weighted by atomic mass is 16.5. The normalized spacial score (nSPS) is 28.1. The summed E-state index contributed by atoms with van der Waals surface area (Å²) in [7, 11) is 1.49. The van der Waals surface area contributed by atoms with Gasteiger partial charge >= 0.3 is 5.97 Å². The molecule has 120 valence electrons. The maximum absolute atomic E-state index is 12.2. The second-order valence-corrected chi connectivity index (χ2v) is 7.28. The molecule has 2 atom stereocenters. The van der Waals surface area contributed by atoms with E-state index in [1.54, 1.807) is 0 Å². The molecule has 2 unspecified atom stereocenters. The molecule has 2 fully saturated rings. The molecule has 0 spiro atoms. The topological polar surface area (TPSA) is 52.3 Å². The van der Waals surface area contributed by atoms with Crippen LogP contribution in [0.2, 0.25) is 0 Å². The fourth-order valence-corrected chi connectivity index (χ4v) is 4.36. The minimum atomic E-state index is -0.301. The summed E-state index contributed by atoms with van der Waals surface area (Å²) in [5, 5.41) is 0. The number of carbonyl (C=O) groups is 1. The Hall–Kier alpha value is -2.03. The molecule has 0 saturated heterocycles. The van der Waals surface area contributed by atoms with Crippen LogP contribution in [0.25, 0.3) is 12.2 Å². The molecule has 23 heavy (non-hydrogen) atoms. The van der Waals surface area contributed by atoms with E-state index in [-0.39, 0.29) is 11.4 Å². The van der Waals surface area contributed by atoms with Crippen molar-refractivity contribution in [2.45, 2.75) is 38.5 Å². The van der Waals surface area contributed by atoms with E-state index in [2.05, 4.69) is 25.6 Å². The minimum absolute atomic E-state index is 0.0622. The van der Waals surface area contributed by atoms with Gasteiger partial charge in [-0.3, -0.25) is 4.79 Å². The first-order chi connectivity index (χ1) is 11.0. The number of nitrogens with two attached hydrogens (primary N) is 1. The lowest BCUT2D eigenvalue weighted by Gasteiger charge is -2.15. The van der Waals surface area contributed by atoms with Gasteiger partial charge in [-0.05, 0) is 72.4 Å². The number of rotatable bonds is 4. The van der Waals surface area contributed by atoms with Crippen molar-refractivity contribution in [3.63, 3.8) is 0 Å². The monoisotopic (exact) mass is 309 g/mol. The summed E-state index contributed by atoms with van der Waals surface area (Å²) in [6.07, 6.45) is 8.14. The van der Waals surface area contributed by atoms with Crippen LogP contribution >= 0.6 is 0 Å². The van der Waals surface area contributed by atoms with Crippen LogP contribution in [-0.4, -0.2) is 13.1 Å². The highest BCUT2D eigenvalue weighted by molar-refractivity contribution is 5.86. The first kappa shape index (κ1) is 14.6. The number of carbonyl (C=O) groups excluding carboxylic acids is 1. The Bertz CT molecular complexity index is 757. The van der Waals surface area contributed by atoms with E-state index in [0.717, 1.165) is 24.1 Å². The van der Waals surface area contributed by atoms with Gasteiger partial charge in [0, 0.05) is 11.6 Å². The van der Waals surface area contributed by atoms with Crippen LogP contribution in [0, 0.1) is 18.3 Å². The highest BCUT2D eigenvalue weighted by Crippen LogP contribution is 2.68. The molecule has 1 aromatic carbocycles. The molecule has 3 nitrogen and oxygen atoms in total. The van der Waals surface area contributed by atoms with Crippen molar-refractivity contribution in [3.8, 4) is 0 Å². The van der Waals surface area contributed by atoms with Crippen molar-refractivity contribution in [3.05, 3.63) is 46.2 Å². The summed E-state index contributed by atoms with van der Waals surface area (Å²) in [5.74, 6) is 0.807. The first-order valence-corrected chi connectivity index (χ1v) is 8.36. The Balaban J connectivity index is 1.80. The van der Waals surface area contributed by atoms with E-state index in [1.165, 1.54) is 42.2 Å². The van der Waals surface area contributed by atoms with Crippen molar-refractivity contribution < 1.29 is 9.53 Å². The van der Waals surface area contributed by atoms with Crippen molar-refractivity contribution in [2.75, 3.05) is 7.11 Å². The quantitative estimate of drug-likeness (QED) is 0.865. The van der Waals surface area contributed by atoms with E-state index in [4.69, 9.17) is 10.5 Å². The van der Waals surface area contributed by atoms with Crippen LogP contribution in [0.3, 0.4) is 0 Å². The second-order valence-electron chi connectivity index (χ2n) is 7.28. The Morgan fingerprint density at radius 3 is 2.83 bits per heavy atom. The Labute approximate surface area is 137 Å². The molecule has 0 radical (unpaired) electrons. The van der Waals surface area contributed by atoms with Crippen LogP contribution in [0.4, 0.5) is 0 Å². The maximum atomic E-state index is 12.2. The summed E-state index contributed by atoms with van der Waals surface area (Å²) in [4.78, 5) is 12.2. The predicted molar refractivity (Wildman–Crippen MR) is 91.7 cm³/mol. The number of methoxy groups -OCH3 is 1. The third kappa shape index (κ3) is 1.99. The summed E-state index contributed by atoms with van der Waals surface area (Å²) in [5.41, 5.74) is 13.1. The van der Waals surface area contributed by atoms with Gasteiger partial charge in [0.1, 0.15) is 0 Å². The maximum Gasteiger partial charge on any atom is 0.312 e. The molecule has 0 aliphatic heterocycles.